The summed E-state index contributed by atoms with van der Waals surface area (Å²) >= 11 is 12.8. The van der Waals surface area contributed by atoms with Crippen molar-refractivity contribution in [2.24, 2.45) is 0 Å². The molecule has 34 heavy (non-hydrogen) atoms. The zero-order valence-electron chi connectivity index (χ0n) is 18.3. The molecule has 5 nitrogen and oxygen atoms in total. The Morgan fingerprint density at radius 2 is 1.97 bits per heavy atom. The van der Waals surface area contributed by atoms with Crippen molar-refractivity contribution in [3.8, 4) is 17.1 Å². The Morgan fingerprint density at radius 1 is 1.09 bits per heavy atom. The number of aromatic nitrogens is 4. The number of imidazole rings is 1. The number of rotatable bonds is 5. The van der Waals surface area contributed by atoms with Gasteiger partial charge in [0.2, 0.25) is 5.88 Å². The molecule has 3 aromatic heterocycles. The molecule has 1 atom stereocenters. The smallest absolute Gasteiger partial charge is 0.214 e. The minimum absolute atomic E-state index is 0.191. The number of aromatic amines is 1. The van der Waals surface area contributed by atoms with E-state index in [1.807, 2.05) is 55.0 Å². The summed E-state index contributed by atoms with van der Waals surface area (Å²) in [6.07, 6.45) is 10.8. The van der Waals surface area contributed by atoms with E-state index >= 15 is 0 Å². The van der Waals surface area contributed by atoms with Crippen LogP contribution in [0.5, 0.6) is 5.88 Å². The molecule has 0 spiro atoms. The standard InChI is InChI=1S/C27H22Cl2N4O/c28-22-10-9-18-19(27(22)29)7-4-8-25(18)33-14-24(32-16-33)21-12-30-23-13-31-26(11-20(21)23)34-15-17-5-2-1-3-6-17/h1-3,5-6,9-14,16,25,30H,4,7-8,15H2. The van der Waals surface area contributed by atoms with Crippen LogP contribution in [0.2, 0.25) is 10.0 Å². The van der Waals surface area contributed by atoms with Gasteiger partial charge in [-0.1, -0.05) is 59.6 Å². The molecule has 0 aliphatic heterocycles. The highest BCUT2D eigenvalue weighted by Gasteiger charge is 2.25. The minimum Gasteiger partial charge on any atom is -0.473 e. The van der Waals surface area contributed by atoms with Gasteiger partial charge in [-0.05, 0) is 42.0 Å². The Balaban J connectivity index is 1.30. The van der Waals surface area contributed by atoms with Gasteiger partial charge < -0.3 is 14.3 Å². The monoisotopic (exact) mass is 488 g/mol. The van der Waals surface area contributed by atoms with Crippen LogP contribution in [0.25, 0.3) is 22.2 Å². The van der Waals surface area contributed by atoms with Crippen molar-refractivity contribution < 1.29 is 4.74 Å². The number of nitrogens with zero attached hydrogens (tertiary/aromatic N) is 3. The van der Waals surface area contributed by atoms with Crippen LogP contribution in [-0.4, -0.2) is 19.5 Å². The summed E-state index contributed by atoms with van der Waals surface area (Å²) in [4.78, 5) is 12.5. The van der Waals surface area contributed by atoms with E-state index in [2.05, 4.69) is 26.8 Å². The fourth-order valence-corrected chi connectivity index (χ4v) is 5.23. The molecule has 5 aromatic rings. The number of hydrogen-bond donors (Lipinski definition) is 1. The third kappa shape index (κ3) is 3.85. The van der Waals surface area contributed by atoms with Gasteiger partial charge >= 0.3 is 0 Å². The van der Waals surface area contributed by atoms with E-state index in [0.717, 1.165) is 52.5 Å². The molecule has 0 amide bonds. The van der Waals surface area contributed by atoms with Crippen LogP contribution in [0.15, 0.2) is 73.4 Å². The normalized spacial score (nSPS) is 15.4. The molecule has 0 saturated carbocycles. The molecule has 1 aliphatic carbocycles. The van der Waals surface area contributed by atoms with Crippen molar-refractivity contribution in [3.05, 3.63) is 100 Å². The van der Waals surface area contributed by atoms with E-state index in [9.17, 15) is 0 Å². The van der Waals surface area contributed by atoms with Gasteiger partial charge in [-0.25, -0.2) is 9.97 Å². The minimum atomic E-state index is 0.191. The number of benzene rings is 2. The van der Waals surface area contributed by atoms with Crippen LogP contribution < -0.4 is 4.74 Å². The van der Waals surface area contributed by atoms with Gasteiger partial charge in [0.1, 0.15) is 6.61 Å². The number of hydrogen-bond acceptors (Lipinski definition) is 3. The second-order valence-corrected chi connectivity index (χ2v) is 9.37. The van der Waals surface area contributed by atoms with E-state index in [4.69, 9.17) is 32.9 Å². The van der Waals surface area contributed by atoms with Crippen LogP contribution in [0.3, 0.4) is 0 Å². The highest BCUT2D eigenvalue weighted by atomic mass is 35.5. The van der Waals surface area contributed by atoms with E-state index in [1.54, 1.807) is 6.20 Å². The van der Waals surface area contributed by atoms with Crippen LogP contribution in [0.1, 0.15) is 35.6 Å². The lowest BCUT2D eigenvalue weighted by Crippen LogP contribution is -2.16. The van der Waals surface area contributed by atoms with Crippen molar-refractivity contribution in [1.82, 2.24) is 19.5 Å². The maximum Gasteiger partial charge on any atom is 0.214 e. The molecule has 2 aromatic carbocycles. The first-order valence-electron chi connectivity index (χ1n) is 11.3. The topological polar surface area (TPSA) is 55.7 Å². The molecule has 7 heteroatoms. The summed E-state index contributed by atoms with van der Waals surface area (Å²) in [6, 6.07) is 16.2. The average Bonchev–Trinajstić information content (AvgIpc) is 3.52. The Morgan fingerprint density at radius 3 is 2.85 bits per heavy atom. The Bertz CT molecular complexity index is 1480. The molecule has 3 heterocycles. The summed E-state index contributed by atoms with van der Waals surface area (Å²) < 4.78 is 8.13. The molecule has 1 N–H and O–H groups in total. The first kappa shape index (κ1) is 21.3. The fourth-order valence-electron chi connectivity index (χ4n) is 4.78. The van der Waals surface area contributed by atoms with Crippen molar-refractivity contribution in [3.63, 3.8) is 0 Å². The third-order valence-corrected chi connectivity index (χ3v) is 7.35. The molecular weight excluding hydrogens is 467 g/mol. The molecule has 170 valence electrons. The number of ether oxygens (including phenoxy) is 1. The fraction of sp³-hybridized carbons (Fsp3) is 0.185. The zero-order valence-corrected chi connectivity index (χ0v) is 19.9. The molecule has 0 bridgehead atoms. The average molecular weight is 489 g/mol. The number of H-pyrrole nitrogens is 1. The molecule has 1 aliphatic rings. The van der Waals surface area contributed by atoms with Crippen molar-refractivity contribution >= 4 is 34.1 Å². The van der Waals surface area contributed by atoms with E-state index in [-0.39, 0.29) is 6.04 Å². The first-order chi connectivity index (χ1) is 16.7. The van der Waals surface area contributed by atoms with Crippen molar-refractivity contribution in [2.75, 3.05) is 0 Å². The third-order valence-electron chi connectivity index (χ3n) is 6.50. The van der Waals surface area contributed by atoms with Crippen molar-refractivity contribution in [1.29, 1.82) is 0 Å². The Labute approximate surface area is 207 Å². The van der Waals surface area contributed by atoms with Gasteiger partial charge in [0, 0.05) is 29.4 Å². The molecule has 0 fully saturated rings. The molecule has 0 saturated heterocycles. The summed E-state index contributed by atoms with van der Waals surface area (Å²) in [5.74, 6) is 0.587. The number of nitrogens with one attached hydrogen (secondary N) is 1. The zero-order chi connectivity index (χ0) is 23.1. The Hall–Kier alpha value is -3.28. The lowest BCUT2D eigenvalue weighted by atomic mass is 9.87. The van der Waals surface area contributed by atoms with E-state index in [1.165, 1.54) is 5.56 Å². The predicted molar refractivity (Wildman–Crippen MR) is 136 cm³/mol. The summed E-state index contributed by atoms with van der Waals surface area (Å²) in [5, 5.41) is 2.32. The van der Waals surface area contributed by atoms with Gasteiger partial charge in [-0.3, -0.25) is 0 Å². The summed E-state index contributed by atoms with van der Waals surface area (Å²) in [6.45, 7) is 0.474. The molecular formula is C27H22Cl2N4O. The Kier molecular flexibility index (Phi) is 5.52. The SMILES string of the molecule is Clc1ccc2c(c1Cl)CCCC2n1cnc(-c2c[nH]c3cnc(OCc4ccccc4)cc23)c1. The van der Waals surface area contributed by atoms with Crippen molar-refractivity contribution in [2.45, 2.75) is 31.9 Å². The van der Waals surface area contributed by atoms with Crippen LogP contribution in [0.4, 0.5) is 0 Å². The predicted octanol–water partition coefficient (Wildman–Crippen LogP) is 7.24. The second-order valence-electron chi connectivity index (χ2n) is 8.59. The highest BCUT2D eigenvalue weighted by Crippen LogP contribution is 2.40. The maximum atomic E-state index is 6.52. The number of pyridine rings is 1. The van der Waals surface area contributed by atoms with E-state index in [0.29, 0.717) is 22.5 Å². The lowest BCUT2D eigenvalue weighted by molar-refractivity contribution is 0.294. The number of fused-ring (bicyclic) bond motifs is 2. The molecule has 0 radical (unpaired) electrons. The van der Waals surface area contributed by atoms with Crippen LogP contribution >= 0.6 is 23.2 Å². The largest absolute Gasteiger partial charge is 0.473 e. The summed E-state index contributed by atoms with van der Waals surface area (Å²) in [5.41, 5.74) is 6.35. The molecule has 1 unspecified atom stereocenters. The summed E-state index contributed by atoms with van der Waals surface area (Å²) in [7, 11) is 0. The molecule has 6 rings (SSSR count). The lowest BCUT2D eigenvalue weighted by Gasteiger charge is -2.27. The second kappa shape index (κ2) is 8.82. The van der Waals surface area contributed by atoms with Gasteiger partial charge in [-0.15, -0.1) is 0 Å². The maximum absolute atomic E-state index is 6.52. The first-order valence-corrected chi connectivity index (χ1v) is 12.1. The number of halogens is 2. The van der Waals surface area contributed by atoms with E-state index < -0.39 is 0 Å². The quantitative estimate of drug-likeness (QED) is 0.283. The van der Waals surface area contributed by atoms with Crippen LogP contribution in [-0.2, 0) is 13.0 Å². The van der Waals surface area contributed by atoms with Gasteiger partial charge in [0.15, 0.2) is 0 Å². The van der Waals surface area contributed by atoms with Crippen LogP contribution in [0, 0.1) is 0 Å². The van der Waals surface area contributed by atoms with Gasteiger partial charge in [0.05, 0.1) is 39.8 Å². The van der Waals surface area contributed by atoms with Gasteiger partial charge in [-0.2, -0.15) is 0 Å². The van der Waals surface area contributed by atoms with Gasteiger partial charge in [0.25, 0.3) is 0 Å². The highest BCUT2D eigenvalue weighted by molar-refractivity contribution is 6.42.